The van der Waals surface area contributed by atoms with Gasteiger partial charge in [0.1, 0.15) is 0 Å². The minimum atomic E-state index is 0.292. The lowest BCUT2D eigenvalue weighted by Crippen LogP contribution is -2.20. The molecule has 3 heteroatoms. The Balaban J connectivity index is 2.72. The van der Waals surface area contributed by atoms with Crippen LogP contribution in [0.3, 0.4) is 0 Å². The van der Waals surface area contributed by atoms with E-state index in [1.165, 1.54) is 0 Å². The van der Waals surface area contributed by atoms with Gasteiger partial charge in [-0.05, 0) is 32.9 Å². The molecule has 0 aliphatic carbocycles. The van der Waals surface area contributed by atoms with Crippen molar-refractivity contribution in [2.75, 3.05) is 13.2 Å². The van der Waals surface area contributed by atoms with E-state index >= 15 is 0 Å². The van der Waals surface area contributed by atoms with Crippen LogP contribution in [0.4, 0.5) is 0 Å². The minimum absolute atomic E-state index is 0.292. The van der Waals surface area contributed by atoms with Crippen molar-refractivity contribution in [1.82, 2.24) is 10.3 Å². The van der Waals surface area contributed by atoms with Gasteiger partial charge in [0.15, 0.2) is 0 Å². The molecule has 0 spiro atoms. The molecule has 1 aromatic heterocycles. The average Bonchev–Trinajstić information content (AvgIpc) is 2.27. The maximum atomic E-state index is 5.49. The summed E-state index contributed by atoms with van der Waals surface area (Å²) >= 11 is 0. The molecule has 3 nitrogen and oxygen atoms in total. The predicted molar refractivity (Wildman–Crippen MR) is 62.1 cm³/mol. The Morgan fingerprint density at radius 3 is 2.93 bits per heavy atom. The Kier molecular flexibility index (Phi) is 5.12. The fourth-order valence-electron chi connectivity index (χ4n) is 1.46. The van der Waals surface area contributed by atoms with E-state index in [-0.39, 0.29) is 0 Å². The molecule has 1 rings (SSSR count). The van der Waals surface area contributed by atoms with Crippen molar-refractivity contribution < 1.29 is 4.74 Å². The second kappa shape index (κ2) is 6.40. The molecule has 0 aliphatic heterocycles. The van der Waals surface area contributed by atoms with E-state index < -0.39 is 0 Å². The van der Waals surface area contributed by atoms with Crippen LogP contribution in [0.2, 0.25) is 0 Å². The Morgan fingerprint density at radius 2 is 2.27 bits per heavy atom. The summed E-state index contributed by atoms with van der Waals surface area (Å²) in [6, 6.07) is 4.30. The maximum absolute atomic E-state index is 5.49. The van der Waals surface area contributed by atoms with Gasteiger partial charge >= 0.3 is 0 Å². The van der Waals surface area contributed by atoms with Crippen LogP contribution in [-0.2, 0) is 0 Å². The number of hydrogen-bond donors (Lipinski definition) is 1. The molecule has 1 atom stereocenters. The van der Waals surface area contributed by atoms with Crippen LogP contribution in [0.1, 0.15) is 38.8 Å². The Labute approximate surface area is 91.9 Å². The van der Waals surface area contributed by atoms with E-state index in [0.717, 1.165) is 24.4 Å². The Morgan fingerprint density at radius 1 is 1.47 bits per heavy atom. The summed E-state index contributed by atoms with van der Waals surface area (Å²) in [6.07, 6.45) is 2.90. The van der Waals surface area contributed by atoms with Gasteiger partial charge in [0, 0.05) is 17.8 Å². The fraction of sp³-hybridized carbons (Fsp3) is 0.583. The molecule has 1 unspecified atom stereocenters. The largest absolute Gasteiger partial charge is 0.478 e. The molecule has 1 N–H and O–H groups in total. The SMILES string of the molecule is CCCNC(C)c1cccnc1OCC. The standard InChI is InChI=1S/C12H20N2O/c1-4-8-13-10(3)11-7-6-9-14-12(11)15-5-2/h6-7,9-10,13H,4-5,8H2,1-3H3. The molecule has 0 aliphatic rings. The van der Waals surface area contributed by atoms with E-state index in [2.05, 4.69) is 30.2 Å². The normalized spacial score (nSPS) is 12.5. The molecular weight excluding hydrogens is 188 g/mol. The predicted octanol–water partition coefficient (Wildman–Crippen LogP) is 2.54. The van der Waals surface area contributed by atoms with Crippen molar-refractivity contribution in [2.45, 2.75) is 33.2 Å². The number of nitrogens with zero attached hydrogens (tertiary/aromatic N) is 1. The lowest BCUT2D eigenvalue weighted by atomic mass is 10.1. The van der Waals surface area contributed by atoms with Gasteiger partial charge in [-0.3, -0.25) is 0 Å². The summed E-state index contributed by atoms with van der Waals surface area (Å²) < 4.78 is 5.49. The number of pyridine rings is 1. The molecule has 0 amide bonds. The number of ether oxygens (including phenoxy) is 1. The smallest absolute Gasteiger partial charge is 0.218 e. The summed E-state index contributed by atoms with van der Waals surface area (Å²) in [5.41, 5.74) is 1.13. The highest BCUT2D eigenvalue weighted by atomic mass is 16.5. The van der Waals surface area contributed by atoms with Crippen LogP contribution in [0, 0.1) is 0 Å². The summed E-state index contributed by atoms with van der Waals surface area (Å²) in [7, 11) is 0. The molecule has 0 saturated carbocycles. The zero-order chi connectivity index (χ0) is 11.1. The lowest BCUT2D eigenvalue weighted by molar-refractivity contribution is 0.319. The van der Waals surface area contributed by atoms with Crippen LogP contribution in [0.25, 0.3) is 0 Å². The molecular formula is C12H20N2O. The summed E-state index contributed by atoms with van der Waals surface area (Å²) in [4.78, 5) is 4.24. The maximum Gasteiger partial charge on any atom is 0.218 e. The first kappa shape index (κ1) is 12.0. The first-order chi connectivity index (χ1) is 7.29. The quantitative estimate of drug-likeness (QED) is 0.780. The lowest BCUT2D eigenvalue weighted by Gasteiger charge is -2.16. The van der Waals surface area contributed by atoms with E-state index in [1.54, 1.807) is 6.20 Å². The van der Waals surface area contributed by atoms with E-state index in [4.69, 9.17) is 4.74 Å². The molecule has 0 bridgehead atoms. The first-order valence-corrected chi connectivity index (χ1v) is 5.60. The first-order valence-electron chi connectivity index (χ1n) is 5.60. The zero-order valence-electron chi connectivity index (χ0n) is 9.79. The molecule has 84 valence electrons. The summed E-state index contributed by atoms with van der Waals surface area (Å²) in [5.74, 6) is 0.746. The van der Waals surface area contributed by atoms with Crippen molar-refractivity contribution in [1.29, 1.82) is 0 Å². The van der Waals surface area contributed by atoms with Gasteiger partial charge in [0.2, 0.25) is 5.88 Å². The van der Waals surface area contributed by atoms with Gasteiger partial charge in [-0.25, -0.2) is 4.98 Å². The van der Waals surface area contributed by atoms with Crippen molar-refractivity contribution in [3.63, 3.8) is 0 Å². The number of aromatic nitrogens is 1. The molecule has 0 fully saturated rings. The monoisotopic (exact) mass is 208 g/mol. The summed E-state index contributed by atoms with van der Waals surface area (Å²) in [5, 5.41) is 3.43. The second-order valence-electron chi connectivity index (χ2n) is 3.51. The van der Waals surface area contributed by atoms with Gasteiger partial charge in [-0.2, -0.15) is 0 Å². The topological polar surface area (TPSA) is 34.2 Å². The molecule has 0 saturated heterocycles. The number of nitrogens with one attached hydrogen (secondary N) is 1. The van der Waals surface area contributed by atoms with Crippen molar-refractivity contribution >= 4 is 0 Å². The number of rotatable bonds is 6. The molecule has 15 heavy (non-hydrogen) atoms. The van der Waals surface area contributed by atoms with Crippen LogP contribution in [0.15, 0.2) is 18.3 Å². The highest BCUT2D eigenvalue weighted by Crippen LogP contribution is 2.21. The highest BCUT2D eigenvalue weighted by molar-refractivity contribution is 5.28. The van der Waals surface area contributed by atoms with Crippen molar-refractivity contribution in [3.05, 3.63) is 23.9 Å². The van der Waals surface area contributed by atoms with Gasteiger partial charge in [0.25, 0.3) is 0 Å². The third kappa shape index (κ3) is 3.51. The molecule has 0 radical (unpaired) electrons. The van der Waals surface area contributed by atoms with Gasteiger partial charge < -0.3 is 10.1 Å². The van der Waals surface area contributed by atoms with E-state index in [0.29, 0.717) is 12.6 Å². The fourth-order valence-corrected chi connectivity index (χ4v) is 1.46. The van der Waals surface area contributed by atoms with Gasteiger partial charge in [0.05, 0.1) is 6.61 Å². The van der Waals surface area contributed by atoms with Crippen LogP contribution in [0.5, 0.6) is 5.88 Å². The van der Waals surface area contributed by atoms with Gasteiger partial charge in [-0.15, -0.1) is 0 Å². The molecule has 1 heterocycles. The molecule has 1 aromatic rings. The summed E-state index contributed by atoms with van der Waals surface area (Å²) in [6.45, 7) is 7.94. The minimum Gasteiger partial charge on any atom is -0.478 e. The van der Waals surface area contributed by atoms with Crippen molar-refractivity contribution in [2.24, 2.45) is 0 Å². The van der Waals surface area contributed by atoms with Crippen LogP contribution >= 0.6 is 0 Å². The van der Waals surface area contributed by atoms with Crippen LogP contribution in [-0.4, -0.2) is 18.1 Å². The Bertz CT molecular complexity index is 289. The van der Waals surface area contributed by atoms with Crippen LogP contribution < -0.4 is 10.1 Å². The van der Waals surface area contributed by atoms with Gasteiger partial charge in [-0.1, -0.05) is 13.0 Å². The average molecular weight is 208 g/mol. The van der Waals surface area contributed by atoms with E-state index in [1.807, 2.05) is 13.0 Å². The third-order valence-electron chi connectivity index (χ3n) is 2.25. The highest BCUT2D eigenvalue weighted by Gasteiger charge is 2.10. The molecule has 0 aromatic carbocycles. The Hall–Kier alpha value is -1.09. The number of hydrogen-bond acceptors (Lipinski definition) is 3. The van der Waals surface area contributed by atoms with Crippen molar-refractivity contribution in [3.8, 4) is 5.88 Å². The van der Waals surface area contributed by atoms with E-state index in [9.17, 15) is 0 Å². The second-order valence-corrected chi connectivity index (χ2v) is 3.51. The zero-order valence-corrected chi connectivity index (χ0v) is 9.79. The third-order valence-corrected chi connectivity index (χ3v) is 2.25.